The van der Waals surface area contributed by atoms with Crippen molar-refractivity contribution in [3.05, 3.63) is 71.2 Å². The quantitative estimate of drug-likeness (QED) is 0.469. The summed E-state index contributed by atoms with van der Waals surface area (Å²) >= 11 is 0. The van der Waals surface area contributed by atoms with E-state index in [9.17, 15) is 26.7 Å². The van der Waals surface area contributed by atoms with Gasteiger partial charge in [-0.05, 0) is 38.1 Å². The number of benzene rings is 1. The molecule has 1 saturated heterocycles. The molecule has 1 aliphatic rings. The topological polar surface area (TPSA) is 83.0 Å². The fraction of sp³-hybridized carbons (Fsp3) is 0.333. The number of hydrogen-bond acceptors (Lipinski definition) is 6. The molecule has 4 rings (SSSR count). The van der Waals surface area contributed by atoms with Gasteiger partial charge in [0.15, 0.2) is 5.82 Å². The predicted molar refractivity (Wildman–Crippen MR) is 122 cm³/mol. The third-order valence-corrected chi connectivity index (χ3v) is 5.80. The van der Waals surface area contributed by atoms with E-state index in [-0.39, 0.29) is 40.9 Å². The molecule has 0 spiro atoms. The monoisotopic (exact) mass is 506 g/mol. The van der Waals surface area contributed by atoms with E-state index < -0.39 is 29.3 Å². The minimum Gasteiger partial charge on any atom is -0.366 e. The fourth-order valence-electron chi connectivity index (χ4n) is 3.87. The average Bonchev–Trinajstić information content (AvgIpc) is 3.26. The van der Waals surface area contributed by atoms with E-state index in [4.69, 9.17) is 0 Å². The second kappa shape index (κ2) is 10.5. The molecule has 3 heterocycles. The molecule has 3 aromatic rings. The van der Waals surface area contributed by atoms with E-state index in [0.717, 1.165) is 43.9 Å². The van der Waals surface area contributed by atoms with Crippen molar-refractivity contribution in [2.45, 2.75) is 19.1 Å². The Morgan fingerprint density at radius 2 is 1.94 bits per heavy atom. The van der Waals surface area contributed by atoms with Crippen LogP contribution in [0.5, 0.6) is 0 Å². The van der Waals surface area contributed by atoms with E-state index in [1.165, 1.54) is 12.1 Å². The fourth-order valence-corrected chi connectivity index (χ4v) is 3.87. The number of likely N-dealkylation sites (tertiary alicyclic amines) is 1. The molecule has 1 aliphatic heterocycles. The van der Waals surface area contributed by atoms with Gasteiger partial charge in [-0.3, -0.25) is 9.78 Å². The molecule has 190 valence electrons. The van der Waals surface area contributed by atoms with Crippen molar-refractivity contribution in [2.75, 3.05) is 32.0 Å². The van der Waals surface area contributed by atoms with E-state index in [1.54, 1.807) is 0 Å². The van der Waals surface area contributed by atoms with Crippen molar-refractivity contribution in [1.82, 2.24) is 25.2 Å². The molecule has 0 saturated carbocycles. The van der Waals surface area contributed by atoms with Crippen LogP contribution in [0.15, 0.2) is 42.7 Å². The van der Waals surface area contributed by atoms with E-state index in [0.29, 0.717) is 12.7 Å². The molecule has 2 aromatic heterocycles. The third kappa shape index (κ3) is 6.30. The maximum Gasteiger partial charge on any atom is 0.417 e. The van der Waals surface area contributed by atoms with Crippen LogP contribution < -0.4 is 10.6 Å². The van der Waals surface area contributed by atoms with Crippen molar-refractivity contribution in [3.8, 4) is 11.4 Å². The number of pyridine rings is 1. The highest BCUT2D eigenvalue weighted by Crippen LogP contribution is 2.31. The van der Waals surface area contributed by atoms with Crippen LogP contribution in [0.3, 0.4) is 0 Å². The van der Waals surface area contributed by atoms with Crippen LogP contribution in [-0.4, -0.2) is 52.4 Å². The standard InChI is InChI=1S/C24H23F5N6O/c1-35-5-4-14(13-35)9-32-23(36)20-8-21(31-11-15-2-3-18(25)7-19(15)26)34-22(33-20)16-6-17(12-30-10-16)24(27,28)29/h2-3,6-8,10,12,14H,4-5,9,11,13H2,1H3,(H,32,36)(H,31,33,34). The summed E-state index contributed by atoms with van der Waals surface area (Å²) in [6.07, 6.45) is -1.87. The molecule has 36 heavy (non-hydrogen) atoms. The van der Waals surface area contributed by atoms with E-state index in [2.05, 4.69) is 30.5 Å². The SMILES string of the molecule is CN1CCC(CNC(=O)c2cc(NCc3ccc(F)cc3F)nc(-c3cncc(C(F)(F)F)c3)n2)C1. The zero-order valence-corrected chi connectivity index (χ0v) is 19.2. The smallest absolute Gasteiger partial charge is 0.366 e. The van der Waals surface area contributed by atoms with Crippen LogP contribution in [0, 0.1) is 17.6 Å². The van der Waals surface area contributed by atoms with Gasteiger partial charge in [0.2, 0.25) is 0 Å². The molecule has 0 radical (unpaired) electrons. The van der Waals surface area contributed by atoms with Crippen molar-refractivity contribution < 1.29 is 26.7 Å². The number of nitrogens with zero attached hydrogens (tertiary/aromatic N) is 4. The third-order valence-electron chi connectivity index (χ3n) is 5.80. The molecule has 1 atom stereocenters. The lowest BCUT2D eigenvalue weighted by atomic mass is 10.1. The molecule has 7 nitrogen and oxygen atoms in total. The molecular weight excluding hydrogens is 483 g/mol. The van der Waals surface area contributed by atoms with Crippen LogP contribution in [0.25, 0.3) is 11.4 Å². The Kier molecular flexibility index (Phi) is 7.43. The summed E-state index contributed by atoms with van der Waals surface area (Å²) in [6, 6.07) is 5.24. The van der Waals surface area contributed by atoms with Gasteiger partial charge >= 0.3 is 6.18 Å². The molecule has 1 aromatic carbocycles. The molecule has 1 unspecified atom stereocenters. The number of aromatic nitrogens is 3. The number of nitrogens with one attached hydrogen (secondary N) is 2. The second-order valence-corrected chi connectivity index (χ2v) is 8.64. The maximum atomic E-state index is 14.0. The normalized spacial score (nSPS) is 16.2. The first-order chi connectivity index (χ1) is 17.1. The van der Waals surface area contributed by atoms with Crippen LogP contribution in [-0.2, 0) is 12.7 Å². The summed E-state index contributed by atoms with van der Waals surface area (Å²) in [5.41, 5.74) is -0.987. The summed E-state index contributed by atoms with van der Waals surface area (Å²) in [6.45, 7) is 2.06. The van der Waals surface area contributed by atoms with Gasteiger partial charge in [-0.2, -0.15) is 13.2 Å². The van der Waals surface area contributed by atoms with Gasteiger partial charge in [0.1, 0.15) is 23.1 Å². The summed E-state index contributed by atoms with van der Waals surface area (Å²) in [5.74, 6) is -1.85. The highest BCUT2D eigenvalue weighted by atomic mass is 19.4. The number of hydrogen-bond donors (Lipinski definition) is 2. The van der Waals surface area contributed by atoms with Crippen LogP contribution in [0.2, 0.25) is 0 Å². The number of rotatable bonds is 7. The Labute approximate surface area is 203 Å². The lowest BCUT2D eigenvalue weighted by Crippen LogP contribution is -2.31. The number of halogens is 5. The van der Waals surface area contributed by atoms with Crippen LogP contribution in [0.4, 0.5) is 27.8 Å². The minimum atomic E-state index is -4.63. The first-order valence-corrected chi connectivity index (χ1v) is 11.1. The first-order valence-electron chi connectivity index (χ1n) is 11.1. The largest absolute Gasteiger partial charge is 0.417 e. The molecular formula is C24H23F5N6O. The van der Waals surface area contributed by atoms with Crippen molar-refractivity contribution >= 4 is 11.7 Å². The molecule has 1 fully saturated rings. The Bertz CT molecular complexity index is 1250. The molecule has 12 heteroatoms. The Balaban J connectivity index is 1.61. The van der Waals surface area contributed by atoms with E-state index >= 15 is 0 Å². The average molecular weight is 506 g/mol. The summed E-state index contributed by atoms with van der Waals surface area (Å²) < 4.78 is 66.8. The maximum absolute atomic E-state index is 14.0. The van der Waals surface area contributed by atoms with E-state index in [1.807, 2.05) is 7.05 Å². The number of carbonyl (C=O) groups is 1. The molecule has 0 bridgehead atoms. The molecule has 2 N–H and O–H groups in total. The summed E-state index contributed by atoms with van der Waals surface area (Å²) in [4.78, 5) is 27.0. The van der Waals surface area contributed by atoms with Crippen molar-refractivity contribution in [2.24, 2.45) is 5.92 Å². The lowest BCUT2D eigenvalue weighted by Gasteiger charge is -2.14. The Hall–Kier alpha value is -3.67. The van der Waals surface area contributed by atoms with Crippen LogP contribution >= 0.6 is 0 Å². The molecule has 1 amide bonds. The second-order valence-electron chi connectivity index (χ2n) is 8.64. The van der Waals surface area contributed by atoms with Crippen LogP contribution in [0.1, 0.15) is 28.0 Å². The highest BCUT2D eigenvalue weighted by molar-refractivity contribution is 5.93. The van der Waals surface area contributed by atoms with Gasteiger partial charge in [0.25, 0.3) is 5.91 Å². The molecule has 0 aliphatic carbocycles. The Morgan fingerprint density at radius 3 is 2.64 bits per heavy atom. The summed E-state index contributed by atoms with van der Waals surface area (Å²) in [7, 11) is 1.99. The highest BCUT2D eigenvalue weighted by Gasteiger charge is 2.31. The van der Waals surface area contributed by atoms with Gasteiger partial charge in [-0.15, -0.1) is 0 Å². The first kappa shape index (κ1) is 25.4. The lowest BCUT2D eigenvalue weighted by molar-refractivity contribution is -0.137. The number of carbonyl (C=O) groups excluding carboxylic acids is 1. The predicted octanol–water partition coefficient (Wildman–Crippen LogP) is 4.13. The van der Waals surface area contributed by atoms with Gasteiger partial charge in [-0.25, -0.2) is 18.7 Å². The number of anilines is 1. The minimum absolute atomic E-state index is 0.0482. The number of alkyl halides is 3. The zero-order chi connectivity index (χ0) is 25.9. The summed E-state index contributed by atoms with van der Waals surface area (Å²) in [5, 5.41) is 5.64. The van der Waals surface area contributed by atoms with Crippen molar-refractivity contribution in [1.29, 1.82) is 0 Å². The van der Waals surface area contributed by atoms with Gasteiger partial charge in [-0.1, -0.05) is 6.07 Å². The van der Waals surface area contributed by atoms with Gasteiger partial charge in [0, 0.05) is 55.3 Å². The van der Waals surface area contributed by atoms with Crippen molar-refractivity contribution in [3.63, 3.8) is 0 Å². The number of amides is 1. The van der Waals surface area contributed by atoms with Gasteiger partial charge < -0.3 is 15.5 Å². The van der Waals surface area contributed by atoms with Gasteiger partial charge in [0.05, 0.1) is 5.56 Å². The zero-order valence-electron chi connectivity index (χ0n) is 19.2. The Morgan fingerprint density at radius 1 is 1.14 bits per heavy atom.